The Kier molecular flexibility index (Phi) is 9.10. The van der Waals surface area contributed by atoms with Gasteiger partial charge < -0.3 is 15.4 Å². The Balaban J connectivity index is 1.30. The number of carbonyl (C=O) groups excluding carboxylic acids is 1. The lowest BCUT2D eigenvalue weighted by atomic mass is 10.0. The van der Waals surface area contributed by atoms with Crippen molar-refractivity contribution in [3.8, 4) is 22.8 Å². The smallest absolute Gasteiger partial charge is 0.428 e. The molecule has 0 saturated carbocycles. The molecule has 220 valence electrons. The number of ether oxygens (including phenoxy) is 1. The van der Waals surface area contributed by atoms with E-state index in [0.29, 0.717) is 17.1 Å². The number of nitrogens with one attached hydrogen (secondary N) is 3. The predicted octanol–water partition coefficient (Wildman–Crippen LogP) is 6.88. The summed E-state index contributed by atoms with van der Waals surface area (Å²) >= 11 is 5.28. The number of benzene rings is 3. The molecule has 0 fully saturated rings. The molecule has 3 aromatic carbocycles. The number of para-hydroxylation sites is 1. The molecule has 0 saturated heterocycles. The summed E-state index contributed by atoms with van der Waals surface area (Å²) in [7, 11) is 0. The Bertz CT molecular complexity index is 1540. The quantitative estimate of drug-likeness (QED) is 0.143. The van der Waals surface area contributed by atoms with E-state index in [9.17, 15) is 22.4 Å². The van der Waals surface area contributed by atoms with Crippen molar-refractivity contribution in [1.29, 1.82) is 0 Å². The molecular weight excluding hydrogens is 572 g/mol. The van der Waals surface area contributed by atoms with Crippen LogP contribution in [0.1, 0.15) is 37.8 Å². The van der Waals surface area contributed by atoms with Crippen molar-refractivity contribution in [2.75, 3.05) is 5.32 Å². The number of hydrogen-bond donors (Lipinski definition) is 3. The van der Waals surface area contributed by atoms with Crippen LogP contribution in [-0.4, -0.2) is 37.9 Å². The SMILES string of the molecule is CC(C)c1ccccc1NC(=S)NC(=O)NCc1ccc(-c2ncn(-c3ccc(OC(F)(F)C(C)(F)F)cc3)n2)cc1. The van der Waals surface area contributed by atoms with Gasteiger partial charge in [-0.25, -0.2) is 14.5 Å². The molecule has 13 heteroatoms. The molecule has 1 heterocycles. The van der Waals surface area contributed by atoms with Crippen LogP contribution < -0.4 is 20.7 Å². The first kappa shape index (κ1) is 30.4. The molecule has 2 amide bonds. The van der Waals surface area contributed by atoms with E-state index in [4.69, 9.17) is 12.2 Å². The Morgan fingerprint density at radius 3 is 2.31 bits per heavy atom. The zero-order valence-corrected chi connectivity index (χ0v) is 23.7. The zero-order chi connectivity index (χ0) is 30.5. The molecule has 0 spiro atoms. The van der Waals surface area contributed by atoms with Crippen LogP contribution in [0.4, 0.5) is 28.0 Å². The summed E-state index contributed by atoms with van der Waals surface area (Å²) in [5.74, 6) is -4.08. The summed E-state index contributed by atoms with van der Waals surface area (Å²) < 4.78 is 58.5. The number of rotatable bonds is 9. The molecule has 8 nitrogen and oxygen atoms in total. The van der Waals surface area contributed by atoms with E-state index in [-0.39, 0.29) is 24.5 Å². The van der Waals surface area contributed by atoms with Gasteiger partial charge in [0.2, 0.25) is 0 Å². The summed E-state index contributed by atoms with van der Waals surface area (Å²) in [6.45, 7) is 4.47. The van der Waals surface area contributed by atoms with Gasteiger partial charge in [0.05, 0.1) is 5.69 Å². The highest BCUT2D eigenvalue weighted by Crippen LogP contribution is 2.36. The third kappa shape index (κ3) is 7.60. The fraction of sp³-hybridized carbons (Fsp3) is 0.241. The van der Waals surface area contributed by atoms with Gasteiger partial charge >= 0.3 is 18.1 Å². The van der Waals surface area contributed by atoms with Crippen LogP contribution >= 0.6 is 12.2 Å². The Labute approximate surface area is 245 Å². The fourth-order valence-electron chi connectivity index (χ4n) is 3.79. The number of hydrogen-bond acceptors (Lipinski definition) is 5. The van der Waals surface area contributed by atoms with Gasteiger partial charge in [0.25, 0.3) is 0 Å². The average molecular weight is 601 g/mol. The van der Waals surface area contributed by atoms with Crippen LogP contribution in [0, 0.1) is 0 Å². The van der Waals surface area contributed by atoms with Crippen molar-refractivity contribution in [2.45, 2.75) is 45.3 Å². The van der Waals surface area contributed by atoms with E-state index in [1.54, 1.807) is 12.1 Å². The highest BCUT2D eigenvalue weighted by molar-refractivity contribution is 7.80. The fourth-order valence-corrected chi connectivity index (χ4v) is 4.00. The van der Waals surface area contributed by atoms with Crippen LogP contribution in [0.5, 0.6) is 5.75 Å². The van der Waals surface area contributed by atoms with Gasteiger partial charge in [-0.15, -0.1) is 5.10 Å². The van der Waals surface area contributed by atoms with E-state index in [0.717, 1.165) is 28.9 Å². The Hall–Kier alpha value is -4.52. The van der Waals surface area contributed by atoms with Gasteiger partial charge in [-0.2, -0.15) is 17.6 Å². The second kappa shape index (κ2) is 12.6. The summed E-state index contributed by atoms with van der Waals surface area (Å²) in [5, 5.41) is 13.0. The summed E-state index contributed by atoms with van der Waals surface area (Å²) in [5.41, 5.74) is 3.89. The lowest BCUT2D eigenvalue weighted by Crippen LogP contribution is -2.42. The monoisotopic (exact) mass is 600 g/mol. The number of alkyl halides is 4. The highest BCUT2D eigenvalue weighted by atomic mass is 32.1. The Morgan fingerprint density at radius 2 is 1.67 bits per heavy atom. The molecular formula is C29H28F4N6O2S. The van der Waals surface area contributed by atoms with E-state index >= 15 is 0 Å². The first-order chi connectivity index (χ1) is 19.8. The molecule has 0 bridgehead atoms. The molecule has 0 aliphatic rings. The third-order valence-corrected chi connectivity index (χ3v) is 6.28. The lowest BCUT2D eigenvalue weighted by molar-refractivity contribution is -0.301. The molecule has 0 unspecified atom stereocenters. The molecule has 0 aliphatic carbocycles. The molecule has 0 radical (unpaired) electrons. The summed E-state index contributed by atoms with van der Waals surface area (Å²) in [6.07, 6.45) is -3.22. The van der Waals surface area contributed by atoms with Gasteiger partial charge in [0.1, 0.15) is 12.1 Å². The minimum Gasteiger partial charge on any atom is -0.428 e. The van der Waals surface area contributed by atoms with Gasteiger partial charge in [0, 0.05) is 24.7 Å². The predicted molar refractivity (Wildman–Crippen MR) is 155 cm³/mol. The molecule has 0 atom stereocenters. The second-order valence-electron chi connectivity index (χ2n) is 9.71. The van der Waals surface area contributed by atoms with Crippen molar-refractivity contribution >= 4 is 29.0 Å². The number of nitrogens with zero attached hydrogens (tertiary/aromatic N) is 3. The maximum atomic E-state index is 13.5. The standard InChI is InChI=1S/C29H28F4N6O2S/c1-18(2)23-6-4-5-7-24(23)36-27(42)37-26(40)34-16-19-8-10-20(11-9-19)25-35-17-39(38-25)21-12-14-22(15-13-21)41-29(32,33)28(3,30)31/h4-15,17-18H,16H2,1-3H3,(H3,34,36,37,40,42). The summed E-state index contributed by atoms with van der Waals surface area (Å²) in [4.78, 5) is 16.6. The number of aromatic nitrogens is 3. The molecule has 0 aliphatic heterocycles. The van der Waals surface area contributed by atoms with Crippen molar-refractivity contribution in [3.63, 3.8) is 0 Å². The third-order valence-electron chi connectivity index (χ3n) is 6.07. The lowest BCUT2D eigenvalue weighted by Gasteiger charge is -2.23. The van der Waals surface area contributed by atoms with Crippen molar-refractivity contribution < 1.29 is 27.1 Å². The maximum Gasteiger partial charge on any atom is 0.463 e. The van der Waals surface area contributed by atoms with Crippen molar-refractivity contribution in [3.05, 3.63) is 90.3 Å². The van der Waals surface area contributed by atoms with Crippen LogP contribution in [0.15, 0.2) is 79.1 Å². The first-order valence-electron chi connectivity index (χ1n) is 12.8. The molecule has 3 N–H and O–H groups in total. The van der Waals surface area contributed by atoms with Crippen molar-refractivity contribution in [2.24, 2.45) is 0 Å². The number of urea groups is 1. The largest absolute Gasteiger partial charge is 0.463 e. The van der Waals surface area contributed by atoms with E-state index < -0.39 is 23.8 Å². The molecule has 4 rings (SSSR count). The Morgan fingerprint density at radius 1 is 1.00 bits per heavy atom. The molecule has 1 aromatic heterocycles. The number of halogens is 4. The van der Waals surface area contributed by atoms with E-state index in [1.165, 1.54) is 23.1 Å². The van der Waals surface area contributed by atoms with Gasteiger partial charge in [0.15, 0.2) is 10.9 Å². The minimum absolute atomic E-state index is 0.0850. The highest BCUT2D eigenvalue weighted by Gasteiger charge is 2.55. The number of carbonyl (C=O) groups is 1. The second-order valence-corrected chi connectivity index (χ2v) is 10.1. The van der Waals surface area contributed by atoms with Crippen LogP contribution in [0.3, 0.4) is 0 Å². The van der Waals surface area contributed by atoms with Gasteiger partial charge in [-0.1, -0.05) is 56.3 Å². The maximum absolute atomic E-state index is 13.5. The zero-order valence-electron chi connectivity index (χ0n) is 22.9. The summed E-state index contributed by atoms with van der Waals surface area (Å²) in [6, 6.07) is 19.5. The first-order valence-corrected chi connectivity index (χ1v) is 13.2. The van der Waals surface area contributed by atoms with Crippen LogP contribution in [0.2, 0.25) is 0 Å². The number of amides is 2. The molecule has 42 heavy (non-hydrogen) atoms. The van der Waals surface area contributed by atoms with E-state index in [1.807, 2.05) is 36.4 Å². The van der Waals surface area contributed by atoms with Crippen LogP contribution in [0.25, 0.3) is 17.1 Å². The topological polar surface area (TPSA) is 93.1 Å². The normalized spacial score (nSPS) is 11.7. The van der Waals surface area contributed by atoms with Crippen molar-refractivity contribution in [1.82, 2.24) is 25.4 Å². The number of anilines is 1. The average Bonchev–Trinajstić information content (AvgIpc) is 3.42. The molecule has 4 aromatic rings. The van der Waals surface area contributed by atoms with E-state index in [2.05, 4.69) is 44.6 Å². The minimum atomic E-state index is -4.65. The number of thiocarbonyl (C=S) groups is 1. The van der Waals surface area contributed by atoms with Gasteiger partial charge in [-0.05, 0) is 59.6 Å². The van der Waals surface area contributed by atoms with Gasteiger partial charge in [-0.3, -0.25) is 5.32 Å². The van der Waals surface area contributed by atoms with Crippen LogP contribution in [-0.2, 0) is 6.54 Å².